The van der Waals surface area contributed by atoms with Crippen LogP contribution >= 0.6 is 0 Å². The summed E-state index contributed by atoms with van der Waals surface area (Å²) in [6, 6.07) is 4.05. The summed E-state index contributed by atoms with van der Waals surface area (Å²) >= 11 is 0. The van der Waals surface area contributed by atoms with Crippen molar-refractivity contribution < 1.29 is 28.0 Å². The van der Waals surface area contributed by atoms with Crippen LogP contribution in [-0.4, -0.2) is 17.1 Å². The monoisotopic (exact) mass is 277 g/mol. The highest BCUT2D eigenvalue weighted by atomic mass is 19.4. The van der Waals surface area contributed by atoms with Crippen molar-refractivity contribution in [2.75, 3.05) is 0 Å². The van der Waals surface area contributed by atoms with Crippen molar-refractivity contribution in [1.29, 1.82) is 5.39 Å². The second-order valence-corrected chi connectivity index (χ2v) is 3.11. The molecule has 0 heterocycles. The first kappa shape index (κ1) is 16.3. The number of diazo groups is 1. The van der Waals surface area contributed by atoms with Crippen LogP contribution in [0.15, 0.2) is 18.2 Å². The molecular weight excluding hydrogens is 271 g/mol. The van der Waals surface area contributed by atoms with Gasteiger partial charge in [-0.3, -0.25) is 10.1 Å². The Bertz CT molecular complexity index is 536. The molecule has 0 atom stereocenters. The van der Waals surface area contributed by atoms with E-state index in [1.54, 1.807) is 6.92 Å². The molecule has 1 rings (SSSR count). The molecule has 102 valence electrons. The second kappa shape index (κ2) is 6.29. The zero-order chi connectivity index (χ0) is 15.2. The third-order valence-electron chi connectivity index (χ3n) is 1.73. The lowest BCUT2D eigenvalue weighted by atomic mass is 10.2. The van der Waals surface area contributed by atoms with Gasteiger partial charge in [-0.05, 0) is 6.92 Å². The van der Waals surface area contributed by atoms with Crippen LogP contribution in [-0.2, 0) is 4.79 Å². The van der Waals surface area contributed by atoms with E-state index in [0.29, 0.717) is 11.3 Å². The number of carboxylic acids is 1. The minimum Gasteiger partial charge on any atom is -0.542 e. The van der Waals surface area contributed by atoms with Crippen LogP contribution in [0.3, 0.4) is 0 Å². The second-order valence-electron chi connectivity index (χ2n) is 3.11. The molecule has 0 saturated heterocycles. The van der Waals surface area contributed by atoms with Crippen LogP contribution in [0.25, 0.3) is 4.98 Å². The van der Waals surface area contributed by atoms with E-state index in [2.05, 4.69) is 4.98 Å². The average Bonchev–Trinajstić information content (AvgIpc) is 2.28. The topological polar surface area (TPSA) is 111 Å². The van der Waals surface area contributed by atoms with Gasteiger partial charge in [-0.15, -0.1) is 0 Å². The van der Waals surface area contributed by atoms with E-state index in [0.717, 1.165) is 0 Å². The third kappa shape index (κ3) is 5.44. The van der Waals surface area contributed by atoms with Crippen LogP contribution in [0.1, 0.15) is 5.56 Å². The standard InChI is InChI=1S/C7H6N3O2.C2HF3O2/c1-5-4-6(10(11)12)2-3-7(5)9-8;3-2(4,5)1(6)7/h2-4H,1H3;(H,6,7)/q+1;/p-1. The fourth-order valence-corrected chi connectivity index (χ4v) is 0.865. The smallest absolute Gasteiger partial charge is 0.430 e. The predicted octanol–water partition coefficient (Wildman–Crippen LogP) is 1.69. The Morgan fingerprint density at radius 2 is 1.89 bits per heavy atom. The number of benzene rings is 1. The Morgan fingerprint density at radius 3 is 2.16 bits per heavy atom. The van der Waals surface area contributed by atoms with Crippen LogP contribution < -0.4 is 5.11 Å². The number of hydrogen-bond acceptors (Lipinski definition) is 5. The van der Waals surface area contributed by atoms with Gasteiger partial charge in [-0.2, -0.15) is 13.2 Å². The first-order chi connectivity index (χ1) is 8.59. The number of carboxylic acid groups (broad SMARTS) is 1. The number of nitro benzene ring substituents is 1. The molecule has 0 saturated carbocycles. The molecule has 0 spiro atoms. The SMILES string of the molecule is Cc1cc([N+](=O)[O-])ccc1[N+]#N.O=C([O-])C(F)(F)F. The molecule has 0 aromatic heterocycles. The molecule has 0 amide bonds. The number of hydrogen-bond donors (Lipinski definition) is 0. The van der Waals surface area contributed by atoms with E-state index >= 15 is 0 Å². The van der Waals surface area contributed by atoms with Crippen LogP contribution in [0.5, 0.6) is 0 Å². The zero-order valence-corrected chi connectivity index (χ0v) is 9.34. The number of carbonyl (C=O) groups excluding carboxylic acids is 1. The highest BCUT2D eigenvalue weighted by Gasteiger charge is 2.28. The number of non-ortho nitro benzene ring substituents is 1. The third-order valence-corrected chi connectivity index (χ3v) is 1.73. The number of aryl methyl sites for hydroxylation is 1. The molecule has 0 bridgehead atoms. The number of carbonyl (C=O) groups is 1. The Balaban J connectivity index is 0.000000399. The van der Waals surface area contributed by atoms with Crippen molar-refractivity contribution in [3.63, 3.8) is 0 Å². The molecule has 0 aliphatic heterocycles. The molecule has 0 fully saturated rings. The molecule has 7 nitrogen and oxygen atoms in total. The number of nitrogens with zero attached hydrogens (tertiary/aromatic N) is 3. The number of rotatable bonds is 1. The van der Waals surface area contributed by atoms with Gasteiger partial charge >= 0.3 is 11.9 Å². The maximum absolute atomic E-state index is 10.5. The van der Waals surface area contributed by atoms with E-state index in [-0.39, 0.29) is 5.69 Å². The van der Waals surface area contributed by atoms with Crippen molar-refractivity contribution >= 4 is 17.3 Å². The Hall–Kier alpha value is -2.70. The van der Waals surface area contributed by atoms with Crippen molar-refractivity contribution in [2.24, 2.45) is 0 Å². The molecule has 0 aliphatic rings. The van der Waals surface area contributed by atoms with Crippen molar-refractivity contribution in [2.45, 2.75) is 13.1 Å². The van der Waals surface area contributed by atoms with E-state index < -0.39 is 17.1 Å². The van der Waals surface area contributed by atoms with Gasteiger partial charge < -0.3 is 9.90 Å². The largest absolute Gasteiger partial charge is 0.542 e. The summed E-state index contributed by atoms with van der Waals surface area (Å²) in [7, 11) is 0. The maximum atomic E-state index is 10.5. The molecule has 10 heteroatoms. The first-order valence-corrected chi connectivity index (χ1v) is 4.48. The van der Waals surface area contributed by atoms with Crippen LogP contribution in [0.2, 0.25) is 0 Å². The van der Waals surface area contributed by atoms with Gasteiger partial charge in [0.2, 0.25) is 5.39 Å². The summed E-state index contributed by atoms with van der Waals surface area (Å²) in [5.74, 6) is -3.01. The number of alkyl halides is 3. The number of halogens is 3. The summed E-state index contributed by atoms with van der Waals surface area (Å²) in [6.07, 6.45) is -5.19. The Morgan fingerprint density at radius 1 is 1.42 bits per heavy atom. The van der Waals surface area contributed by atoms with Crippen molar-refractivity contribution in [3.8, 4) is 0 Å². The highest BCUT2D eigenvalue weighted by Crippen LogP contribution is 2.23. The molecule has 1 aromatic rings. The molecule has 0 radical (unpaired) electrons. The highest BCUT2D eigenvalue weighted by molar-refractivity contribution is 5.70. The molecule has 0 aliphatic carbocycles. The summed E-state index contributed by atoms with van der Waals surface area (Å²) in [5, 5.41) is 27.5. The molecule has 19 heavy (non-hydrogen) atoms. The average molecular weight is 277 g/mol. The van der Waals surface area contributed by atoms with Crippen molar-refractivity contribution in [1.82, 2.24) is 0 Å². The lowest BCUT2D eigenvalue weighted by Crippen LogP contribution is -2.37. The number of aliphatic carboxylic acids is 1. The molecule has 1 aromatic carbocycles. The summed E-state index contributed by atoms with van der Waals surface area (Å²) < 4.78 is 31.5. The summed E-state index contributed by atoms with van der Waals surface area (Å²) in [6.45, 7) is 1.64. The molecule has 0 unspecified atom stereocenters. The fourth-order valence-electron chi connectivity index (χ4n) is 0.865. The van der Waals surface area contributed by atoms with E-state index in [1.807, 2.05) is 0 Å². The fraction of sp³-hybridized carbons (Fsp3) is 0.222. The molecule has 0 N–H and O–H groups in total. The lowest BCUT2D eigenvalue weighted by Gasteiger charge is -2.03. The zero-order valence-electron chi connectivity index (χ0n) is 9.34. The Kier molecular flexibility index (Phi) is 5.40. The Labute approximate surface area is 104 Å². The van der Waals surface area contributed by atoms with Gasteiger partial charge in [-0.1, -0.05) is 0 Å². The van der Waals surface area contributed by atoms with Crippen molar-refractivity contribution in [3.05, 3.63) is 38.9 Å². The molecular formula is C9H6F3N3O4. The number of nitro groups is 1. The van der Waals surface area contributed by atoms with E-state index in [9.17, 15) is 23.3 Å². The van der Waals surface area contributed by atoms with Crippen LogP contribution in [0, 0.1) is 22.4 Å². The first-order valence-electron chi connectivity index (χ1n) is 4.48. The van der Waals surface area contributed by atoms with Gasteiger partial charge in [-0.25, -0.2) is 0 Å². The quantitative estimate of drug-likeness (QED) is 0.440. The normalized spacial score (nSPS) is 9.84. The van der Waals surface area contributed by atoms with E-state index in [4.69, 9.17) is 15.3 Å². The summed E-state index contributed by atoms with van der Waals surface area (Å²) in [4.78, 5) is 21.5. The predicted molar refractivity (Wildman–Crippen MR) is 53.6 cm³/mol. The van der Waals surface area contributed by atoms with Gasteiger partial charge in [0.15, 0.2) is 4.98 Å². The van der Waals surface area contributed by atoms with Gasteiger partial charge in [0.05, 0.1) is 10.5 Å². The van der Waals surface area contributed by atoms with Gasteiger partial charge in [0, 0.05) is 18.2 Å². The summed E-state index contributed by atoms with van der Waals surface area (Å²) in [5.41, 5.74) is 0.923. The van der Waals surface area contributed by atoms with Gasteiger partial charge in [0.1, 0.15) is 5.97 Å². The van der Waals surface area contributed by atoms with Gasteiger partial charge in [0.25, 0.3) is 5.69 Å². The van der Waals surface area contributed by atoms with E-state index in [1.165, 1.54) is 18.2 Å². The minimum atomic E-state index is -5.19. The minimum absolute atomic E-state index is 0.0000926. The van der Waals surface area contributed by atoms with Crippen LogP contribution in [0.4, 0.5) is 24.5 Å². The lowest BCUT2D eigenvalue weighted by molar-refractivity contribution is -0.384. The maximum Gasteiger partial charge on any atom is 0.430 e.